The Balaban J connectivity index is 2.54. The van der Waals surface area contributed by atoms with Gasteiger partial charge in [0.2, 0.25) is 0 Å². The van der Waals surface area contributed by atoms with Gasteiger partial charge >= 0.3 is 0 Å². The summed E-state index contributed by atoms with van der Waals surface area (Å²) < 4.78 is 0. The minimum atomic E-state index is -0.842. The van der Waals surface area contributed by atoms with Crippen LogP contribution in [0, 0.1) is 0 Å². The van der Waals surface area contributed by atoms with E-state index in [4.69, 9.17) is 28.4 Å². The van der Waals surface area contributed by atoms with Crippen LogP contribution in [0.1, 0.15) is 5.56 Å². The molecule has 1 N–H and O–H groups in total. The van der Waals surface area contributed by atoms with Crippen molar-refractivity contribution in [1.82, 2.24) is 0 Å². The van der Waals surface area contributed by atoms with Crippen LogP contribution in [0.4, 0.5) is 0 Å². The first-order chi connectivity index (χ1) is 7.72. The van der Waals surface area contributed by atoms with Crippen molar-refractivity contribution >= 4 is 39.7 Å². The summed E-state index contributed by atoms with van der Waals surface area (Å²) in [5.41, 5.74) is 0.977. The zero-order chi connectivity index (χ0) is 11.5. The van der Waals surface area contributed by atoms with E-state index in [0.29, 0.717) is 0 Å². The van der Waals surface area contributed by atoms with Gasteiger partial charge in [-0.05, 0) is 16.8 Å². The Bertz CT molecular complexity index is 537. The van der Waals surface area contributed by atoms with Crippen molar-refractivity contribution < 1.29 is 5.21 Å². The van der Waals surface area contributed by atoms with Gasteiger partial charge in [-0.25, -0.2) is 0 Å². The van der Waals surface area contributed by atoms with Crippen LogP contribution < -0.4 is 0 Å². The predicted molar refractivity (Wildman–Crippen MR) is 67.8 cm³/mol. The van der Waals surface area contributed by atoms with Gasteiger partial charge in [-0.15, -0.1) is 0 Å². The monoisotopic (exact) mass is 253 g/mol. The van der Waals surface area contributed by atoms with Crippen molar-refractivity contribution in [2.75, 3.05) is 0 Å². The fraction of sp³-hybridized carbons (Fsp3) is 0.0833. The largest absolute Gasteiger partial charge is 0.411 e. The second-order valence-electron chi connectivity index (χ2n) is 3.35. The summed E-state index contributed by atoms with van der Waals surface area (Å²) in [6.45, 7) is 0. The van der Waals surface area contributed by atoms with E-state index in [-0.39, 0.29) is 5.71 Å². The third kappa shape index (κ3) is 2.13. The van der Waals surface area contributed by atoms with E-state index in [9.17, 15) is 0 Å². The first-order valence-electron chi connectivity index (χ1n) is 4.71. The van der Waals surface area contributed by atoms with E-state index < -0.39 is 4.84 Å². The van der Waals surface area contributed by atoms with Crippen molar-refractivity contribution in [3.8, 4) is 0 Å². The maximum Gasteiger partial charge on any atom is 0.153 e. The average Bonchev–Trinajstić information content (AvgIpc) is 2.29. The van der Waals surface area contributed by atoms with Crippen LogP contribution in [0.2, 0.25) is 0 Å². The van der Waals surface area contributed by atoms with Gasteiger partial charge in [0.05, 0.1) is 0 Å². The molecule has 0 bridgehead atoms. The molecule has 0 saturated heterocycles. The molecule has 0 aliphatic carbocycles. The lowest BCUT2D eigenvalue weighted by molar-refractivity contribution is 0.319. The highest BCUT2D eigenvalue weighted by molar-refractivity contribution is 6.56. The first-order valence-corrected chi connectivity index (χ1v) is 5.59. The molecular weight excluding hydrogens is 245 g/mol. The molecule has 16 heavy (non-hydrogen) atoms. The number of nitrogens with zero attached hydrogens (tertiary/aromatic N) is 1. The Morgan fingerprint density at radius 3 is 2.38 bits per heavy atom. The van der Waals surface area contributed by atoms with Crippen LogP contribution >= 0.6 is 23.2 Å². The molecule has 0 fully saturated rings. The number of benzene rings is 2. The molecule has 82 valence electrons. The highest BCUT2D eigenvalue weighted by atomic mass is 35.5. The fourth-order valence-electron chi connectivity index (χ4n) is 1.58. The van der Waals surface area contributed by atoms with Crippen molar-refractivity contribution in [1.29, 1.82) is 0 Å². The Morgan fingerprint density at radius 1 is 1.06 bits per heavy atom. The minimum absolute atomic E-state index is 0.258. The Morgan fingerprint density at radius 2 is 1.75 bits per heavy atom. The summed E-state index contributed by atoms with van der Waals surface area (Å²) in [5.74, 6) is 0. The second-order valence-corrected chi connectivity index (χ2v) is 4.44. The Labute approximate surface area is 103 Å². The molecule has 2 aromatic rings. The molecule has 0 atom stereocenters. The van der Waals surface area contributed by atoms with Crippen LogP contribution in [0.15, 0.2) is 47.6 Å². The Hall–Kier alpha value is -1.25. The molecule has 2 aromatic carbocycles. The average molecular weight is 254 g/mol. The first kappa shape index (κ1) is 11.2. The topological polar surface area (TPSA) is 32.6 Å². The van der Waals surface area contributed by atoms with Crippen LogP contribution in [0.5, 0.6) is 0 Å². The van der Waals surface area contributed by atoms with Gasteiger partial charge in [-0.2, -0.15) is 0 Å². The highest BCUT2D eigenvalue weighted by Gasteiger charge is 2.13. The number of oxime groups is 1. The number of alkyl halides is 2. The predicted octanol–water partition coefficient (Wildman–Crippen LogP) is 3.82. The molecule has 0 amide bonds. The number of hydrogen-bond donors (Lipinski definition) is 1. The molecule has 0 radical (unpaired) electrons. The van der Waals surface area contributed by atoms with Crippen molar-refractivity contribution in [2.45, 2.75) is 4.84 Å². The fourth-order valence-corrected chi connectivity index (χ4v) is 1.92. The van der Waals surface area contributed by atoms with E-state index in [0.717, 1.165) is 16.3 Å². The lowest BCUT2D eigenvalue weighted by Crippen LogP contribution is -2.09. The van der Waals surface area contributed by atoms with E-state index in [2.05, 4.69) is 5.16 Å². The molecule has 0 aliphatic rings. The lowest BCUT2D eigenvalue weighted by atomic mass is 10.0. The Kier molecular flexibility index (Phi) is 3.32. The molecule has 0 heterocycles. The smallest absolute Gasteiger partial charge is 0.153 e. The summed E-state index contributed by atoms with van der Waals surface area (Å²) in [4.78, 5) is -0.842. The molecule has 2 nitrogen and oxygen atoms in total. The second kappa shape index (κ2) is 4.73. The third-order valence-electron chi connectivity index (χ3n) is 2.36. The maximum absolute atomic E-state index is 8.84. The molecule has 0 unspecified atom stereocenters. The summed E-state index contributed by atoms with van der Waals surface area (Å²) >= 11 is 11.4. The van der Waals surface area contributed by atoms with Gasteiger partial charge in [-0.3, -0.25) is 0 Å². The summed E-state index contributed by atoms with van der Waals surface area (Å²) in [6, 6.07) is 13.6. The van der Waals surface area contributed by atoms with Crippen molar-refractivity contribution in [3.05, 3.63) is 48.0 Å². The molecule has 4 heteroatoms. The highest BCUT2D eigenvalue weighted by Crippen LogP contribution is 2.19. The number of hydrogen-bond acceptors (Lipinski definition) is 2. The summed E-state index contributed by atoms with van der Waals surface area (Å²) in [5, 5.41) is 14.1. The zero-order valence-electron chi connectivity index (χ0n) is 8.27. The van der Waals surface area contributed by atoms with Gasteiger partial charge in [0.15, 0.2) is 4.84 Å². The zero-order valence-corrected chi connectivity index (χ0v) is 9.78. The van der Waals surface area contributed by atoms with E-state index in [1.807, 2.05) is 42.5 Å². The lowest BCUT2D eigenvalue weighted by Gasteiger charge is -2.06. The van der Waals surface area contributed by atoms with Gasteiger partial charge in [-0.1, -0.05) is 64.8 Å². The van der Waals surface area contributed by atoms with Gasteiger partial charge in [0, 0.05) is 5.56 Å². The van der Waals surface area contributed by atoms with Crippen LogP contribution in [0.3, 0.4) is 0 Å². The molecule has 0 saturated carbocycles. The minimum Gasteiger partial charge on any atom is -0.411 e. The van der Waals surface area contributed by atoms with E-state index in [1.165, 1.54) is 0 Å². The SMILES string of the molecule is O/N=C(\c1ccc2ccccc2c1)C(Cl)Cl. The van der Waals surface area contributed by atoms with Crippen molar-refractivity contribution in [3.63, 3.8) is 0 Å². The van der Waals surface area contributed by atoms with Crippen LogP contribution in [-0.4, -0.2) is 15.8 Å². The van der Waals surface area contributed by atoms with Gasteiger partial charge in [0.1, 0.15) is 5.71 Å². The number of fused-ring (bicyclic) bond motifs is 1. The van der Waals surface area contributed by atoms with Crippen LogP contribution in [0.25, 0.3) is 10.8 Å². The summed E-state index contributed by atoms with van der Waals surface area (Å²) in [7, 11) is 0. The quantitative estimate of drug-likeness (QED) is 0.375. The normalized spacial score (nSPS) is 12.3. The van der Waals surface area contributed by atoms with E-state index >= 15 is 0 Å². The maximum atomic E-state index is 8.84. The molecule has 2 rings (SSSR count). The molecule has 0 spiro atoms. The van der Waals surface area contributed by atoms with Gasteiger partial charge < -0.3 is 5.21 Å². The number of halogens is 2. The van der Waals surface area contributed by atoms with Crippen molar-refractivity contribution in [2.24, 2.45) is 5.16 Å². The van der Waals surface area contributed by atoms with Gasteiger partial charge in [0.25, 0.3) is 0 Å². The summed E-state index contributed by atoms with van der Waals surface area (Å²) in [6.07, 6.45) is 0. The molecule has 0 aromatic heterocycles. The standard InChI is InChI=1S/C12H9Cl2NO/c13-12(14)11(15-16)10-6-5-8-3-1-2-4-9(8)7-10/h1-7,12,16H/b15-11+. The molecule has 0 aliphatic heterocycles. The van der Waals surface area contributed by atoms with Crippen LogP contribution in [-0.2, 0) is 0 Å². The number of rotatable bonds is 2. The third-order valence-corrected chi connectivity index (χ3v) is 2.77. The molecular formula is C12H9Cl2NO. The van der Waals surface area contributed by atoms with E-state index in [1.54, 1.807) is 0 Å².